The zero-order chi connectivity index (χ0) is 29.1. The number of allylic oxidation sites excluding steroid dienone is 4. The number of carbonyl (C=O) groups excluding carboxylic acids is 1. The highest BCUT2D eigenvalue weighted by Crippen LogP contribution is 2.34. The van der Waals surface area contributed by atoms with Crippen LogP contribution >= 0.6 is 0 Å². The van der Waals surface area contributed by atoms with Crippen LogP contribution in [0.4, 0.5) is 5.69 Å². The Morgan fingerprint density at radius 1 is 0.875 bits per heavy atom. The Labute approximate surface area is 237 Å². The maximum Gasteiger partial charge on any atom is 0.297 e. The van der Waals surface area contributed by atoms with Crippen LogP contribution in [0, 0.1) is 0 Å². The third-order valence-corrected chi connectivity index (χ3v) is 6.27. The summed E-state index contributed by atoms with van der Waals surface area (Å²) in [5.41, 5.74) is 5.44. The van der Waals surface area contributed by atoms with Crippen LogP contribution in [0.25, 0.3) is 17.0 Å². The van der Waals surface area contributed by atoms with Gasteiger partial charge in [-0.15, -0.1) is 0 Å². The topological polar surface area (TPSA) is 69.6 Å². The molecule has 6 heteroatoms. The van der Waals surface area contributed by atoms with E-state index in [1.807, 2.05) is 62.4 Å². The van der Waals surface area contributed by atoms with E-state index in [0.29, 0.717) is 23.6 Å². The minimum absolute atomic E-state index is 0.174. The summed E-state index contributed by atoms with van der Waals surface area (Å²) in [7, 11) is 1.69. The lowest BCUT2D eigenvalue weighted by atomic mass is 10.1. The molecule has 2 aromatic carbocycles. The number of hydrogen-bond donors (Lipinski definition) is 1. The van der Waals surface area contributed by atoms with Crippen LogP contribution in [-0.2, 0) is 11.8 Å². The minimum Gasteiger partial charge on any atom is -0.485 e. The van der Waals surface area contributed by atoms with Crippen LogP contribution in [0.3, 0.4) is 0 Å². The molecule has 0 fully saturated rings. The number of benzene rings is 2. The van der Waals surface area contributed by atoms with E-state index in [1.54, 1.807) is 25.3 Å². The highest BCUT2D eigenvalue weighted by Gasteiger charge is 2.19. The number of nitrogens with zero attached hydrogens (tertiary/aromatic N) is 1. The Balaban J connectivity index is 1.89. The summed E-state index contributed by atoms with van der Waals surface area (Å²) < 4.78 is 13.7. The monoisotopic (exact) mass is 540 g/mol. The predicted octanol–water partition coefficient (Wildman–Crippen LogP) is 7.61. The minimum atomic E-state index is -0.303. The van der Waals surface area contributed by atoms with E-state index < -0.39 is 0 Å². The summed E-state index contributed by atoms with van der Waals surface area (Å²) in [6.45, 7) is 10.8. The molecule has 6 nitrogen and oxygen atoms in total. The first kappa shape index (κ1) is 30.2. The van der Waals surface area contributed by atoms with Gasteiger partial charge in [0.15, 0.2) is 5.75 Å². The van der Waals surface area contributed by atoms with Crippen molar-refractivity contribution in [1.29, 1.82) is 0 Å². The number of carbonyl (C=O) groups is 1. The average molecular weight is 541 g/mol. The molecule has 0 aliphatic heterocycles. The summed E-state index contributed by atoms with van der Waals surface area (Å²) in [4.78, 5) is 26.0. The van der Waals surface area contributed by atoms with Gasteiger partial charge >= 0.3 is 0 Å². The number of aromatic nitrogens is 1. The van der Waals surface area contributed by atoms with Gasteiger partial charge in [-0.25, -0.2) is 0 Å². The average Bonchev–Trinajstić information content (AvgIpc) is 2.92. The third kappa shape index (κ3) is 8.87. The normalized spacial score (nSPS) is 11.4. The zero-order valence-electron chi connectivity index (χ0n) is 24.4. The first-order valence-corrected chi connectivity index (χ1v) is 13.5. The number of aryl methyl sites for hydroxylation is 1. The number of amides is 1. The Morgan fingerprint density at radius 3 is 2.25 bits per heavy atom. The van der Waals surface area contributed by atoms with E-state index in [4.69, 9.17) is 9.47 Å². The Morgan fingerprint density at radius 2 is 1.55 bits per heavy atom. The molecule has 3 rings (SSSR count). The number of ether oxygens (including phenoxy) is 2. The lowest BCUT2D eigenvalue weighted by Gasteiger charge is -2.17. The van der Waals surface area contributed by atoms with Crippen molar-refractivity contribution in [2.24, 2.45) is 7.05 Å². The fourth-order valence-electron chi connectivity index (χ4n) is 4.00. The van der Waals surface area contributed by atoms with Gasteiger partial charge in [-0.3, -0.25) is 9.59 Å². The molecule has 0 aliphatic rings. The van der Waals surface area contributed by atoms with Gasteiger partial charge in [0.1, 0.15) is 13.2 Å². The van der Waals surface area contributed by atoms with Gasteiger partial charge in [-0.05, 0) is 89.5 Å². The Bertz CT molecular complexity index is 1500. The number of fused-ring (bicyclic) bond motifs is 1. The van der Waals surface area contributed by atoms with Gasteiger partial charge in [-0.1, -0.05) is 53.1 Å². The van der Waals surface area contributed by atoms with Gasteiger partial charge in [-0.2, -0.15) is 0 Å². The van der Waals surface area contributed by atoms with Crippen molar-refractivity contribution in [1.82, 2.24) is 4.57 Å². The molecular weight excluding hydrogens is 500 g/mol. The van der Waals surface area contributed by atoms with Gasteiger partial charge in [0.25, 0.3) is 5.56 Å². The molecule has 0 bridgehead atoms. The molecule has 40 heavy (non-hydrogen) atoms. The lowest BCUT2D eigenvalue weighted by Crippen LogP contribution is -2.21. The summed E-state index contributed by atoms with van der Waals surface area (Å²) >= 11 is 0. The van der Waals surface area contributed by atoms with Gasteiger partial charge in [0.2, 0.25) is 11.7 Å². The van der Waals surface area contributed by atoms with Crippen molar-refractivity contribution in [3.05, 3.63) is 105 Å². The van der Waals surface area contributed by atoms with Crippen LogP contribution in [0.5, 0.6) is 11.5 Å². The van der Waals surface area contributed by atoms with Crippen molar-refractivity contribution in [3.8, 4) is 11.5 Å². The molecule has 0 atom stereocenters. The second-order valence-corrected chi connectivity index (χ2v) is 10.3. The van der Waals surface area contributed by atoms with E-state index in [0.717, 1.165) is 29.4 Å². The van der Waals surface area contributed by atoms with Crippen LogP contribution in [0.2, 0.25) is 0 Å². The second kappa shape index (κ2) is 14.7. The summed E-state index contributed by atoms with van der Waals surface area (Å²) in [5, 5.41) is 3.60. The highest BCUT2D eigenvalue weighted by atomic mass is 16.5. The summed E-state index contributed by atoms with van der Waals surface area (Å²) in [6.07, 6.45) is 11.3. The molecule has 0 saturated heterocycles. The second-order valence-electron chi connectivity index (χ2n) is 10.3. The number of pyridine rings is 1. The molecule has 3 aromatic rings. The predicted molar refractivity (Wildman–Crippen MR) is 166 cm³/mol. The SMILES string of the molecule is CC(C)=CCC/C(C)=C/COc1c(OCC=C(C)C)c2ccc(NC(=O)/C=C/c3ccccc3)cc2n(C)c1=O. The molecule has 210 valence electrons. The fourth-order valence-corrected chi connectivity index (χ4v) is 4.00. The molecule has 0 radical (unpaired) electrons. The molecule has 0 spiro atoms. The molecule has 0 unspecified atom stereocenters. The van der Waals surface area contributed by atoms with Crippen LogP contribution in [0.15, 0.2) is 94.3 Å². The highest BCUT2D eigenvalue weighted by molar-refractivity contribution is 6.03. The van der Waals surface area contributed by atoms with Gasteiger partial charge in [0.05, 0.1) is 5.52 Å². The maximum atomic E-state index is 13.4. The maximum absolute atomic E-state index is 13.4. The first-order valence-electron chi connectivity index (χ1n) is 13.5. The van der Waals surface area contributed by atoms with Crippen LogP contribution in [-0.4, -0.2) is 23.7 Å². The largest absolute Gasteiger partial charge is 0.485 e. The van der Waals surface area contributed by atoms with E-state index in [2.05, 4.69) is 32.2 Å². The molecule has 1 heterocycles. The Hall–Kier alpha value is -4.32. The zero-order valence-corrected chi connectivity index (χ0v) is 24.4. The van der Waals surface area contributed by atoms with E-state index in [1.165, 1.54) is 21.8 Å². The number of rotatable bonds is 12. The molecular formula is C34H40N2O4. The quantitative estimate of drug-likeness (QED) is 0.190. The molecule has 1 N–H and O–H groups in total. The van der Waals surface area contributed by atoms with E-state index in [9.17, 15) is 9.59 Å². The number of anilines is 1. The third-order valence-electron chi connectivity index (χ3n) is 6.27. The van der Waals surface area contributed by atoms with Crippen molar-refractivity contribution in [2.45, 2.75) is 47.5 Å². The van der Waals surface area contributed by atoms with E-state index in [-0.39, 0.29) is 23.8 Å². The smallest absolute Gasteiger partial charge is 0.297 e. The Kier molecular flexibility index (Phi) is 11.1. The van der Waals surface area contributed by atoms with Crippen LogP contribution < -0.4 is 20.3 Å². The lowest BCUT2D eigenvalue weighted by molar-refractivity contribution is -0.111. The van der Waals surface area contributed by atoms with Crippen LogP contribution in [0.1, 0.15) is 53.0 Å². The summed E-state index contributed by atoms with van der Waals surface area (Å²) in [5.74, 6) is 0.307. The van der Waals surface area contributed by atoms with Crippen molar-refractivity contribution in [2.75, 3.05) is 18.5 Å². The molecule has 1 aromatic heterocycles. The summed E-state index contributed by atoms with van der Waals surface area (Å²) in [6, 6.07) is 15.0. The number of nitrogens with one attached hydrogen (secondary N) is 1. The number of hydrogen-bond acceptors (Lipinski definition) is 4. The van der Waals surface area contributed by atoms with Gasteiger partial charge < -0.3 is 19.4 Å². The molecule has 0 aliphatic carbocycles. The fraction of sp³-hybridized carbons (Fsp3) is 0.294. The van der Waals surface area contributed by atoms with Crippen molar-refractivity contribution >= 4 is 28.6 Å². The molecule has 0 saturated carbocycles. The van der Waals surface area contributed by atoms with Gasteiger partial charge in [0, 0.05) is 24.2 Å². The standard InChI is InChI=1S/C34H40N2O4/c1-24(2)11-10-12-26(5)20-22-40-33-32(39-21-19-25(3)4)29-17-16-28(23-30(29)36(6)34(33)38)35-31(37)18-15-27-13-8-7-9-14-27/h7-9,11,13-20,23H,10,12,21-22H2,1-6H3,(H,35,37)/b18-15+,26-20+. The first-order chi connectivity index (χ1) is 19.2. The van der Waals surface area contributed by atoms with Crippen molar-refractivity contribution < 1.29 is 14.3 Å². The van der Waals surface area contributed by atoms with Crippen molar-refractivity contribution in [3.63, 3.8) is 0 Å². The van der Waals surface area contributed by atoms with E-state index >= 15 is 0 Å². The molecule has 1 amide bonds.